The second kappa shape index (κ2) is 7.86. The molecular formula is C28H34BOP2. The van der Waals surface area contributed by atoms with E-state index in [2.05, 4.69) is 91.5 Å². The maximum atomic E-state index is 15.0. The Kier molecular flexibility index (Phi) is 5.84. The smallest absolute Gasteiger partial charge is 0.141 e. The summed E-state index contributed by atoms with van der Waals surface area (Å²) < 4.78 is 15.0. The third-order valence-electron chi connectivity index (χ3n) is 7.82. The highest BCUT2D eigenvalue weighted by atomic mass is 31.2. The summed E-state index contributed by atoms with van der Waals surface area (Å²) in [5, 5.41) is 2.73. The van der Waals surface area contributed by atoms with Gasteiger partial charge in [-0.1, -0.05) is 60.5 Å². The van der Waals surface area contributed by atoms with E-state index in [9.17, 15) is 4.57 Å². The van der Waals surface area contributed by atoms with Gasteiger partial charge in [-0.25, -0.2) is 0 Å². The summed E-state index contributed by atoms with van der Waals surface area (Å²) in [6.45, 7) is 17.8. The second-order valence-corrected chi connectivity index (χ2v) is 15.5. The minimum absolute atomic E-state index is 0. The van der Waals surface area contributed by atoms with Gasteiger partial charge in [0.2, 0.25) is 0 Å². The van der Waals surface area contributed by atoms with Crippen LogP contribution in [0.1, 0.15) is 47.2 Å². The predicted octanol–water partition coefficient (Wildman–Crippen LogP) is 6.57. The molecule has 0 N–H and O–H groups in total. The van der Waals surface area contributed by atoms with Gasteiger partial charge in [0.05, 0.1) is 0 Å². The summed E-state index contributed by atoms with van der Waals surface area (Å²) in [7, 11) is -3.02. The molecule has 3 radical (unpaired) electrons. The molecule has 0 saturated carbocycles. The molecule has 5 rings (SSSR count). The van der Waals surface area contributed by atoms with Crippen molar-refractivity contribution in [2.24, 2.45) is 5.92 Å². The van der Waals surface area contributed by atoms with E-state index < -0.39 is 7.14 Å². The van der Waals surface area contributed by atoms with Crippen molar-refractivity contribution in [1.82, 2.24) is 0 Å². The van der Waals surface area contributed by atoms with E-state index >= 15 is 0 Å². The molecule has 0 spiro atoms. The number of allylic oxidation sites excluding steroid dienone is 3. The fourth-order valence-electron chi connectivity index (χ4n) is 7.24. The minimum Gasteiger partial charge on any atom is -0.314 e. The topological polar surface area (TPSA) is 17.1 Å². The van der Waals surface area contributed by atoms with Gasteiger partial charge in [-0.05, 0) is 88.8 Å². The number of aryl methyl sites for hydroxylation is 6. The lowest BCUT2D eigenvalue weighted by Gasteiger charge is -2.30. The zero-order chi connectivity index (χ0) is 22.4. The van der Waals surface area contributed by atoms with Crippen LogP contribution in [-0.4, -0.2) is 25.4 Å². The van der Waals surface area contributed by atoms with E-state index in [1.807, 2.05) is 0 Å². The number of fused-ring (bicyclic) bond motifs is 5. The molecule has 2 aromatic carbocycles. The van der Waals surface area contributed by atoms with Crippen molar-refractivity contribution in [3.63, 3.8) is 0 Å². The van der Waals surface area contributed by atoms with E-state index in [0.717, 1.165) is 5.30 Å². The Morgan fingerprint density at radius 2 is 1.25 bits per heavy atom. The third kappa shape index (κ3) is 3.13. The Morgan fingerprint density at radius 3 is 1.78 bits per heavy atom. The summed E-state index contributed by atoms with van der Waals surface area (Å²) in [6, 6.07) is 9.15. The second-order valence-electron chi connectivity index (χ2n) is 10.3. The number of rotatable bonds is 2. The van der Waals surface area contributed by atoms with Gasteiger partial charge in [-0.3, -0.25) is 0 Å². The van der Waals surface area contributed by atoms with Gasteiger partial charge in [0.1, 0.15) is 7.14 Å². The van der Waals surface area contributed by atoms with E-state index in [0.29, 0.717) is 17.2 Å². The predicted molar refractivity (Wildman–Crippen MR) is 143 cm³/mol. The van der Waals surface area contributed by atoms with Gasteiger partial charge in [-0.2, -0.15) is 0 Å². The normalized spacial score (nSPS) is 32.4. The molecule has 0 amide bonds. The molecule has 1 nitrogen and oxygen atoms in total. The molecule has 6 atom stereocenters. The van der Waals surface area contributed by atoms with Crippen LogP contribution in [0.25, 0.3) is 0 Å². The van der Waals surface area contributed by atoms with Crippen LogP contribution in [-0.2, 0) is 4.57 Å². The molecule has 2 bridgehead atoms. The molecule has 1 saturated heterocycles. The van der Waals surface area contributed by atoms with Crippen LogP contribution in [0.3, 0.4) is 0 Å². The lowest BCUT2D eigenvalue weighted by molar-refractivity contribution is 0.552. The molecule has 32 heavy (non-hydrogen) atoms. The van der Waals surface area contributed by atoms with Gasteiger partial charge >= 0.3 is 0 Å². The van der Waals surface area contributed by atoms with Gasteiger partial charge in [0.25, 0.3) is 0 Å². The zero-order valence-electron chi connectivity index (χ0n) is 20.7. The third-order valence-corrected chi connectivity index (χ3v) is 15.4. The molecule has 2 unspecified atom stereocenters. The molecule has 3 aliphatic heterocycles. The summed E-state index contributed by atoms with van der Waals surface area (Å²) in [4.78, 5) is 0. The first-order valence-electron chi connectivity index (χ1n) is 11.5. The zero-order valence-corrected chi connectivity index (χ0v) is 22.4. The Bertz CT molecular complexity index is 1190. The molecule has 1 fully saturated rings. The van der Waals surface area contributed by atoms with Crippen LogP contribution in [0.4, 0.5) is 0 Å². The van der Waals surface area contributed by atoms with E-state index in [1.165, 1.54) is 44.5 Å². The van der Waals surface area contributed by atoms with Gasteiger partial charge in [0.15, 0.2) is 0 Å². The van der Waals surface area contributed by atoms with Gasteiger partial charge in [-0.15, -0.1) is 0 Å². The molecule has 0 aromatic heterocycles. The molecule has 3 heterocycles. The molecule has 165 valence electrons. The van der Waals surface area contributed by atoms with Crippen molar-refractivity contribution in [1.29, 1.82) is 0 Å². The van der Waals surface area contributed by atoms with Crippen LogP contribution >= 0.6 is 15.1 Å². The Balaban J connectivity index is 0.00000245. The highest BCUT2D eigenvalue weighted by Gasteiger charge is 2.63. The lowest BCUT2D eigenvalue weighted by Crippen LogP contribution is -2.31. The first-order chi connectivity index (χ1) is 14.5. The van der Waals surface area contributed by atoms with E-state index in [1.54, 1.807) is 5.30 Å². The molecule has 3 aliphatic rings. The van der Waals surface area contributed by atoms with Crippen LogP contribution in [0.15, 0.2) is 47.3 Å². The average Bonchev–Trinajstić information content (AvgIpc) is 3.20. The van der Waals surface area contributed by atoms with Crippen LogP contribution in [0, 0.1) is 47.5 Å². The fraction of sp³-hybridized carbons (Fsp3) is 0.429. The largest absolute Gasteiger partial charge is 0.314 e. The maximum absolute atomic E-state index is 15.0. The number of benzene rings is 2. The molecular weight excluding hydrogens is 425 g/mol. The van der Waals surface area contributed by atoms with Crippen LogP contribution in [0.5, 0.6) is 0 Å². The van der Waals surface area contributed by atoms with Gasteiger partial charge < -0.3 is 4.57 Å². The van der Waals surface area contributed by atoms with Crippen molar-refractivity contribution < 1.29 is 4.57 Å². The highest BCUT2D eigenvalue weighted by molar-refractivity contribution is 7.78. The van der Waals surface area contributed by atoms with Crippen molar-refractivity contribution >= 4 is 34.1 Å². The number of hydrogen-bond donors (Lipinski definition) is 0. The Morgan fingerprint density at radius 1 is 0.750 bits per heavy atom. The first-order valence-corrected chi connectivity index (χ1v) is 14.8. The lowest BCUT2D eigenvalue weighted by atomic mass is 9.85. The first kappa shape index (κ1) is 23.8. The number of hydrogen-bond acceptors (Lipinski definition) is 1. The standard InChI is InChI=1S/C28H34OP2.B/c1-15-9-17(3)25(18(4)10-15)30-23-13-19(5)26(30)24-22(8)14-31(29,28(23)24)27-20(6)11-16(2)12-21(27)7;/h9-14,23-24,26,28H,1-8H3;/t23-,24-,26+,28+,30?,31?;/m0./s1. The fourth-order valence-corrected chi connectivity index (χ4v) is 16.5. The molecule has 2 aromatic rings. The van der Waals surface area contributed by atoms with Gasteiger partial charge in [0, 0.05) is 36.6 Å². The van der Waals surface area contributed by atoms with Crippen molar-refractivity contribution in [3.8, 4) is 0 Å². The quantitative estimate of drug-likeness (QED) is 0.282. The van der Waals surface area contributed by atoms with Crippen molar-refractivity contribution in [2.45, 2.75) is 72.4 Å². The summed E-state index contributed by atoms with van der Waals surface area (Å²) >= 11 is 0. The van der Waals surface area contributed by atoms with Crippen LogP contribution in [0.2, 0.25) is 0 Å². The Hall–Kier alpha value is -1.36. The van der Waals surface area contributed by atoms with Crippen molar-refractivity contribution in [3.05, 3.63) is 80.7 Å². The molecule has 0 aliphatic carbocycles. The molecule has 4 heteroatoms. The maximum Gasteiger partial charge on any atom is 0.141 e. The highest BCUT2D eigenvalue weighted by Crippen LogP contribution is 2.78. The summed E-state index contributed by atoms with van der Waals surface area (Å²) in [6.07, 6.45) is 2.52. The minimum atomic E-state index is -2.63. The van der Waals surface area contributed by atoms with Crippen LogP contribution < -0.4 is 10.6 Å². The summed E-state index contributed by atoms with van der Waals surface area (Å²) in [5.74, 6) is 2.66. The average molecular weight is 459 g/mol. The SMILES string of the molecule is CC1=CP(=O)(c2c(C)cc(C)cc2C)[C@H]2[C@@H]1[C@H]1C(C)=C[C@@H]2P1c1c(C)cc(C)cc1C.[B]. The van der Waals surface area contributed by atoms with Crippen molar-refractivity contribution in [2.75, 3.05) is 0 Å². The van der Waals surface area contributed by atoms with E-state index in [-0.39, 0.29) is 22.0 Å². The Labute approximate surface area is 197 Å². The monoisotopic (exact) mass is 459 g/mol. The van der Waals surface area contributed by atoms with E-state index in [4.69, 9.17) is 0 Å². The summed E-state index contributed by atoms with van der Waals surface area (Å²) in [5.41, 5.74) is 12.0.